The summed E-state index contributed by atoms with van der Waals surface area (Å²) in [6.07, 6.45) is 9.44. The van der Waals surface area contributed by atoms with E-state index in [0.29, 0.717) is 22.2 Å². The van der Waals surface area contributed by atoms with Crippen LogP contribution in [-0.2, 0) is 9.05 Å². The van der Waals surface area contributed by atoms with Crippen LogP contribution < -0.4 is 26.0 Å². The first-order valence-corrected chi connectivity index (χ1v) is 15.2. The molecule has 208 valence electrons. The number of hydrogen-bond donors (Lipinski definition) is 3. The van der Waals surface area contributed by atoms with E-state index in [1.165, 1.54) is 57.2 Å². The molecular weight excluding hydrogens is 531 g/mol. The Kier molecular flexibility index (Phi) is 9.26. The van der Waals surface area contributed by atoms with Crippen LogP contribution in [0.4, 0.5) is 22.9 Å². The average Bonchev–Trinajstić information content (AvgIpc) is 2.97. The summed E-state index contributed by atoms with van der Waals surface area (Å²) < 4.78 is 16.9. The van der Waals surface area contributed by atoms with Crippen molar-refractivity contribution in [2.75, 3.05) is 45.1 Å². The lowest BCUT2D eigenvalue weighted by molar-refractivity contribution is 0.123. The highest BCUT2D eigenvalue weighted by Gasteiger charge is 2.36. The number of halogens is 1. The van der Waals surface area contributed by atoms with E-state index in [-0.39, 0.29) is 0 Å². The molecule has 1 saturated heterocycles. The van der Waals surface area contributed by atoms with E-state index in [0.717, 1.165) is 28.1 Å². The molecule has 1 saturated carbocycles. The first-order valence-electron chi connectivity index (χ1n) is 13.6. The molecule has 2 aromatic carbocycles. The van der Waals surface area contributed by atoms with Gasteiger partial charge in [0.25, 0.3) is 0 Å². The minimum Gasteiger partial charge on any atom is -0.495 e. The number of para-hydroxylation sites is 1. The van der Waals surface area contributed by atoms with Gasteiger partial charge < -0.3 is 29.7 Å². The zero-order chi connectivity index (χ0) is 27.2. The number of benzene rings is 2. The van der Waals surface area contributed by atoms with E-state index in [2.05, 4.69) is 39.1 Å². The summed E-state index contributed by atoms with van der Waals surface area (Å²) in [6.45, 7) is 2.34. The van der Waals surface area contributed by atoms with Crippen LogP contribution in [0.25, 0.3) is 0 Å². The second-order valence-corrected chi connectivity index (χ2v) is 12.6. The lowest BCUT2D eigenvalue weighted by Crippen LogP contribution is -2.38. The van der Waals surface area contributed by atoms with Gasteiger partial charge >= 0.3 is 0 Å². The van der Waals surface area contributed by atoms with Crippen molar-refractivity contribution < 1.29 is 13.8 Å². The second-order valence-electron chi connectivity index (χ2n) is 10.4. The van der Waals surface area contributed by atoms with Gasteiger partial charge in [-0.25, -0.2) is 4.98 Å². The molecule has 2 heterocycles. The molecule has 1 aromatic heterocycles. The van der Waals surface area contributed by atoms with E-state index in [1.807, 2.05) is 30.3 Å². The van der Waals surface area contributed by atoms with E-state index < -0.39 is 8.38 Å². The maximum absolute atomic E-state index is 6.53. The first-order chi connectivity index (χ1) is 19.0. The van der Waals surface area contributed by atoms with Crippen molar-refractivity contribution in [3.05, 3.63) is 65.3 Å². The predicted octanol–water partition coefficient (Wildman–Crippen LogP) is 7.49. The SMILES string of the molecule is COc1cc(C2CCC3(CCNCC3)CC2)ccc1Nc1cc(Nc2ccccc2P(OC)OC)c(Cl)cn1. The van der Waals surface area contributed by atoms with Gasteiger partial charge in [-0.15, -0.1) is 0 Å². The summed E-state index contributed by atoms with van der Waals surface area (Å²) in [6, 6.07) is 16.3. The monoisotopic (exact) mass is 568 g/mol. The standard InChI is InChI=1S/C30H38ClN4O3P/c1-36-27-18-22(21-10-12-30(13-11-21)14-16-32-17-15-30)8-9-24(27)35-29-19-26(23(31)20-33-29)34-25-6-4-5-7-28(25)39(37-2)38-3/h4-9,18-21,32H,10-17H2,1-3H3,(H2,33,34,35). The van der Waals surface area contributed by atoms with Crippen LogP contribution in [0.5, 0.6) is 5.75 Å². The normalized spacial score (nSPS) is 17.4. The van der Waals surface area contributed by atoms with E-state index in [9.17, 15) is 0 Å². The Morgan fingerprint density at radius 2 is 1.64 bits per heavy atom. The van der Waals surface area contributed by atoms with Crippen molar-refractivity contribution in [2.24, 2.45) is 5.41 Å². The molecule has 5 rings (SSSR count). The van der Waals surface area contributed by atoms with Gasteiger partial charge in [0.2, 0.25) is 8.38 Å². The fourth-order valence-electron chi connectivity index (χ4n) is 5.98. The zero-order valence-electron chi connectivity index (χ0n) is 22.9. The van der Waals surface area contributed by atoms with E-state index in [1.54, 1.807) is 27.5 Å². The molecule has 39 heavy (non-hydrogen) atoms. The molecule has 0 radical (unpaired) electrons. The molecule has 3 N–H and O–H groups in total. The molecule has 0 bridgehead atoms. The zero-order valence-corrected chi connectivity index (χ0v) is 24.6. The molecule has 9 heteroatoms. The second kappa shape index (κ2) is 12.8. The van der Waals surface area contributed by atoms with Gasteiger partial charge in [0.15, 0.2) is 0 Å². The molecule has 0 amide bonds. The van der Waals surface area contributed by atoms with Gasteiger partial charge in [-0.2, -0.15) is 0 Å². The number of rotatable bonds is 9. The number of aromatic nitrogens is 1. The highest BCUT2D eigenvalue weighted by Crippen LogP contribution is 2.48. The van der Waals surface area contributed by atoms with Crippen LogP contribution in [0.2, 0.25) is 5.02 Å². The molecular formula is C30H38ClN4O3P. The molecule has 2 aliphatic rings. The van der Waals surface area contributed by atoms with Gasteiger partial charge in [-0.05, 0) is 92.8 Å². The number of piperidine rings is 1. The fourth-order valence-corrected chi connectivity index (χ4v) is 7.21. The van der Waals surface area contributed by atoms with Crippen molar-refractivity contribution in [1.82, 2.24) is 10.3 Å². The third-order valence-corrected chi connectivity index (χ3v) is 9.98. The Balaban J connectivity index is 1.31. The molecule has 2 fully saturated rings. The maximum atomic E-state index is 6.53. The molecule has 3 aromatic rings. The summed E-state index contributed by atoms with van der Waals surface area (Å²) in [7, 11) is 3.81. The minimum atomic E-state index is -1.20. The molecule has 7 nitrogen and oxygen atoms in total. The smallest absolute Gasteiger partial charge is 0.206 e. The number of anilines is 4. The topological polar surface area (TPSA) is 76.7 Å². The quantitative estimate of drug-likeness (QED) is 0.231. The predicted molar refractivity (Wildman–Crippen MR) is 162 cm³/mol. The number of pyridine rings is 1. The van der Waals surface area contributed by atoms with Crippen LogP contribution in [0.15, 0.2) is 54.7 Å². The van der Waals surface area contributed by atoms with Gasteiger partial charge in [-0.3, -0.25) is 0 Å². The van der Waals surface area contributed by atoms with Gasteiger partial charge in [0, 0.05) is 20.3 Å². The molecule has 1 aliphatic carbocycles. The van der Waals surface area contributed by atoms with Crippen molar-refractivity contribution >= 4 is 48.2 Å². The van der Waals surface area contributed by atoms with Crippen LogP contribution in [0.1, 0.15) is 50.0 Å². The van der Waals surface area contributed by atoms with Gasteiger partial charge in [0.05, 0.1) is 40.7 Å². The maximum Gasteiger partial charge on any atom is 0.206 e. The Morgan fingerprint density at radius 1 is 0.897 bits per heavy atom. The molecule has 0 atom stereocenters. The summed E-state index contributed by atoms with van der Waals surface area (Å²) in [4.78, 5) is 4.51. The number of methoxy groups -OCH3 is 1. The van der Waals surface area contributed by atoms with Crippen LogP contribution in [-0.4, -0.2) is 39.4 Å². The Hall–Kier alpha value is -2.41. The van der Waals surface area contributed by atoms with Crippen molar-refractivity contribution in [3.63, 3.8) is 0 Å². The number of hydrogen-bond acceptors (Lipinski definition) is 7. The Bertz CT molecular complexity index is 1260. The van der Waals surface area contributed by atoms with Crippen LogP contribution in [0, 0.1) is 5.41 Å². The lowest BCUT2D eigenvalue weighted by Gasteiger charge is -2.43. The lowest BCUT2D eigenvalue weighted by atomic mass is 9.65. The minimum absolute atomic E-state index is 0.514. The number of nitrogens with one attached hydrogen (secondary N) is 3. The van der Waals surface area contributed by atoms with Crippen molar-refractivity contribution in [3.8, 4) is 5.75 Å². The van der Waals surface area contributed by atoms with Crippen molar-refractivity contribution in [1.29, 1.82) is 0 Å². The van der Waals surface area contributed by atoms with Gasteiger partial charge in [-0.1, -0.05) is 29.8 Å². The molecule has 1 aliphatic heterocycles. The largest absolute Gasteiger partial charge is 0.495 e. The average molecular weight is 569 g/mol. The highest BCUT2D eigenvalue weighted by atomic mass is 35.5. The molecule has 1 spiro atoms. The Labute approximate surface area is 237 Å². The van der Waals surface area contributed by atoms with Crippen molar-refractivity contribution in [2.45, 2.75) is 44.4 Å². The summed E-state index contributed by atoms with van der Waals surface area (Å²) in [5.41, 5.74) is 4.39. The third kappa shape index (κ3) is 6.50. The fraction of sp³-hybridized carbons (Fsp3) is 0.433. The van der Waals surface area contributed by atoms with E-state index >= 15 is 0 Å². The first kappa shape index (κ1) is 28.1. The van der Waals surface area contributed by atoms with Gasteiger partial charge in [0.1, 0.15) is 11.6 Å². The number of ether oxygens (including phenoxy) is 1. The third-order valence-electron chi connectivity index (χ3n) is 8.23. The Morgan fingerprint density at radius 3 is 2.36 bits per heavy atom. The van der Waals surface area contributed by atoms with Crippen LogP contribution >= 0.6 is 20.0 Å². The highest BCUT2D eigenvalue weighted by molar-refractivity contribution is 7.56. The summed E-state index contributed by atoms with van der Waals surface area (Å²) >= 11 is 6.53. The number of nitrogens with zero attached hydrogens (tertiary/aromatic N) is 1. The van der Waals surface area contributed by atoms with Crippen LogP contribution in [0.3, 0.4) is 0 Å². The summed E-state index contributed by atoms with van der Waals surface area (Å²) in [5, 5.41) is 11.8. The summed E-state index contributed by atoms with van der Waals surface area (Å²) in [5.74, 6) is 2.07. The van der Waals surface area contributed by atoms with E-state index in [4.69, 9.17) is 25.4 Å². The molecule has 0 unspecified atom stereocenters.